The number of carbonyl (C=O) groups excluding carboxylic acids is 3. The quantitative estimate of drug-likeness (QED) is 0.639. The van der Waals surface area contributed by atoms with Gasteiger partial charge in [0.05, 0.1) is 6.42 Å². The van der Waals surface area contributed by atoms with Gasteiger partial charge in [0.1, 0.15) is 11.8 Å². The lowest BCUT2D eigenvalue weighted by atomic mass is 10.2. The first-order valence-corrected chi connectivity index (χ1v) is 5.43. The maximum Gasteiger partial charge on any atom is 0.244 e. The lowest BCUT2D eigenvalue weighted by Gasteiger charge is -2.25. The minimum absolute atomic E-state index is 0.0607. The summed E-state index contributed by atoms with van der Waals surface area (Å²) in [5.41, 5.74) is 0. The van der Waals surface area contributed by atoms with E-state index in [0.717, 1.165) is 6.42 Å². The minimum Gasteiger partial charge on any atom is -0.347 e. The lowest BCUT2D eigenvalue weighted by Crippen LogP contribution is -2.45. The summed E-state index contributed by atoms with van der Waals surface area (Å²) in [6.45, 7) is 1.97. The van der Waals surface area contributed by atoms with Gasteiger partial charge in [0.15, 0.2) is 0 Å². The van der Waals surface area contributed by atoms with E-state index in [1.165, 1.54) is 16.7 Å². The number of Topliss-reactive ketones (excluding diaryl/α,β-unsaturated/α-hetero) is 1. The van der Waals surface area contributed by atoms with Crippen LogP contribution in [0.3, 0.4) is 0 Å². The molecule has 0 radical (unpaired) electrons. The number of likely N-dealkylation sites (N-methyl/N-ethyl adjacent to an activating group) is 1. The third kappa shape index (κ3) is 2.81. The minimum atomic E-state index is -0.373. The zero-order valence-electron chi connectivity index (χ0n) is 10.0. The number of hydrogen-bond donors (Lipinski definition) is 0. The van der Waals surface area contributed by atoms with Crippen molar-refractivity contribution in [2.75, 3.05) is 20.6 Å². The fourth-order valence-corrected chi connectivity index (χ4v) is 1.93. The van der Waals surface area contributed by atoms with Crippen molar-refractivity contribution in [2.24, 2.45) is 0 Å². The molecular formula is C11H18N2O3. The van der Waals surface area contributed by atoms with Crippen LogP contribution in [-0.2, 0) is 14.4 Å². The van der Waals surface area contributed by atoms with Crippen molar-refractivity contribution in [3.8, 4) is 0 Å². The molecular weight excluding hydrogens is 208 g/mol. The molecule has 1 fully saturated rings. The molecule has 0 bridgehead atoms. The number of ketones is 1. The van der Waals surface area contributed by atoms with Crippen LogP contribution >= 0.6 is 0 Å². The number of likely N-dealkylation sites (tertiary alicyclic amines) is 1. The van der Waals surface area contributed by atoms with Crippen molar-refractivity contribution in [1.82, 2.24) is 9.80 Å². The van der Waals surface area contributed by atoms with Gasteiger partial charge in [0.25, 0.3) is 0 Å². The van der Waals surface area contributed by atoms with E-state index in [0.29, 0.717) is 13.0 Å². The summed E-state index contributed by atoms with van der Waals surface area (Å²) >= 11 is 0. The predicted octanol–water partition coefficient (Wildman–Crippen LogP) is 0.0447. The molecule has 5 heteroatoms. The Hall–Kier alpha value is -1.39. The van der Waals surface area contributed by atoms with Crippen LogP contribution in [0, 0.1) is 0 Å². The van der Waals surface area contributed by atoms with Gasteiger partial charge >= 0.3 is 0 Å². The highest BCUT2D eigenvalue weighted by Gasteiger charge is 2.34. The molecule has 1 heterocycles. The molecule has 0 saturated carbocycles. The maximum atomic E-state index is 11.8. The van der Waals surface area contributed by atoms with E-state index in [2.05, 4.69) is 0 Å². The molecule has 1 aliphatic heterocycles. The highest BCUT2D eigenvalue weighted by atomic mass is 16.2. The fourth-order valence-electron chi connectivity index (χ4n) is 1.93. The fraction of sp³-hybridized carbons (Fsp3) is 0.727. The molecule has 0 aromatic heterocycles. The normalized spacial score (nSPS) is 19.7. The molecule has 0 spiro atoms. The third-order valence-electron chi connectivity index (χ3n) is 2.70. The molecule has 1 unspecified atom stereocenters. The first kappa shape index (κ1) is 12.7. The van der Waals surface area contributed by atoms with E-state index in [1.807, 2.05) is 0 Å². The zero-order chi connectivity index (χ0) is 12.3. The Morgan fingerprint density at radius 2 is 1.94 bits per heavy atom. The summed E-state index contributed by atoms with van der Waals surface area (Å²) in [5.74, 6) is -0.451. The van der Waals surface area contributed by atoms with E-state index < -0.39 is 0 Å². The highest BCUT2D eigenvalue weighted by molar-refractivity contribution is 5.98. The molecule has 5 nitrogen and oxygen atoms in total. The Bertz CT molecular complexity index is 312. The molecule has 2 amide bonds. The summed E-state index contributed by atoms with van der Waals surface area (Å²) in [6.07, 6.45) is 1.42. The Kier molecular flexibility index (Phi) is 4.04. The van der Waals surface area contributed by atoms with Gasteiger partial charge in [-0.3, -0.25) is 14.4 Å². The summed E-state index contributed by atoms with van der Waals surface area (Å²) in [5, 5.41) is 0. The average molecular weight is 226 g/mol. The molecule has 0 aromatic carbocycles. The highest BCUT2D eigenvalue weighted by Crippen LogP contribution is 2.19. The van der Waals surface area contributed by atoms with Crippen molar-refractivity contribution >= 4 is 17.6 Å². The lowest BCUT2D eigenvalue weighted by molar-refractivity contribution is -0.143. The summed E-state index contributed by atoms with van der Waals surface area (Å²) in [4.78, 5) is 37.4. The Labute approximate surface area is 95.4 Å². The van der Waals surface area contributed by atoms with E-state index in [-0.39, 0.29) is 30.1 Å². The van der Waals surface area contributed by atoms with Gasteiger partial charge < -0.3 is 9.80 Å². The van der Waals surface area contributed by atoms with E-state index in [9.17, 15) is 14.4 Å². The van der Waals surface area contributed by atoms with Crippen LogP contribution in [0.1, 0.15) is 26.2 Å². The van der Waals surface area contributed by atoms with Crippen molar-refractivity contribution in [1.29, 1.82) is 0 Å². The second-order valence-electron chi connectivity index (χ2n) is 4.36. The molecule has 1 saturated heterocycles. The molecule has 90 valence electrons. The number of carbonyl (C=O) groups is 3. The first-order chi connectivity index (χ1) is 7.43. The van der Waals surface area contributed by atoms with Crippen molar-refractivity contribution in [3.63, 3.8) is 0 Å². The number of nitrogens with zero attached hydrogens (tertiary/aromatic N) is 2. The smallest absolute Gasteiger partial charge is 0.244 e. The SMILES string of the molecule is CC(=O)CC(=O)N1CCCC1C(=O)N(C)C. The average Bonchev–Trinajstić information content (AvgIpc) is 2.63. The van der Waals surface area contributed by atoms with Gasteiger partial charge in [-0.05, 0) is 19.8 Å². The molecule has 1 rings (SSSR count). The summed E-state index contributed by atoms with van der Waals surface area (Å²) in [6, 6.07) is -0.373. The van der Waals surface area contributed by atoms with Crippen LogP contribution in [0.25, 0.3) is 0 Å². The van der Waals surface area contributed by atoms with E-state index >= 15 is 0 Å². The number of amides is 2. The molecule has 1 atom stereocenters. The Morgan fingerprint density at radius 1 is 1.31 bits per heavy atom. The molecule has 0 N–H and O–H groups in total. The van der Waals surface area contributed by atoms with Gasteiger partial charge in [-0.2, -0.15) is 0 Å². The van der Waals surface area contributed by atoms with Gasteiger partial charge in [0, 0.05) is 20.6 Å². The maximum absolute atomic E-state index is 11.8. The van der Waals surface area contributed by atoms with Crippen molar-refractivity contribution in [2.45, 2.75) is 32.2 Å². The number of hydrogen-bond acceptors (Lipinski definition) is 3. The van der Waals surface area contributed by atoms with Gasteiger partial charge in [0.2, 0.25) is 11.8 Å². The zero-order valence-corrected chi connectivity index (χ0v) is 10.0. The van der Waals surface area contributed by atoms with E-state index in [1.54, 1.807) is 14.1 Å². The molecule has 16 heavy (non-hydrogen) atoms. The van der Waals surface area contributed by atoms with Crippen LogP contribution in [0.4, 0.5) is 0 Å². The Morgan fingerprint density at radius 3 is 2.44 bits per heavy atom. The van der Waals surface area contributed by atoms with Crippen molar-refractivity contribution in [3.05, 3.63) is 0 Å². The summed E-state index contributed by atoms with van der Waals surface area (Å²) in [7, 11) is 3.35. The van der Waals surface area contributed by atoms with Crippen molar-refractivity contribution < 1.29 is 14.4 Å². The molecule has 1 aliphatic rings. The second kappa shape index (κ2) is 5.09. The third-order valence-corrected chi connectivity index (χ3v) is 2.70. The Balaban J connectivity index is 2.69. The molecule has 0 aromatic rings. The second-order valence-corrected chi connectivity index (χ2v) is 4.36. The van der Waals surface area contributed by atoms with Gasteiger partial charge in [-0.25, -0.2) is 0 Å². The first-order valence-electron chi connectivity index (χ1n) is 5.43. The largest absolute Gasteiger partial charge is 0.347 e. The predicted molar refractivity (Wildman–Crippen MR) is 58.7 cm³/mol. The summed E-state index contributed by atoms with van der Waals surface area (Å²) < 4.78 is 0. The molecule has 0 aliphatic carbocycles. The van der Waals surface area contributed by atoms with Crippen LogP contribution in [0.2, 0.25) is 0 Å². The van der Waals surface area contributed by atoms with Crippen LogP contribution < -0.4 is 0 Å². The van der Waals surface area contributed by atoms with Gasteiger partial charge in [-0.1, -0.05) is 0 Å². The van der Waals surface area contributed by atoms with Crippen LogP contribution in [0.5, 0.6) is 0 Å². The van der Waals surface area contributed by atoms with Crippen LogP contribution in [-0.4, -0.2) is 54.1 Å². The van der Waals surface area contributed by atoms with Crippen LogP contribution in [0.15, 0.2) is 0 Å². The number of rotatable bonds is 3. The standard InChI is InChI=1S/C11H18N2O3/c1-8(14)7-10(15)13-6-4-5-9(13)11(16)12(2)3/h9H,4-7H2,1-3H3. The van der Waals surface area contributed by atoms with E-state index in [4.69, 9.17) is 0 Å². The monoisotopic (exact) mass is 226 g/mol. The topological polar surface area (TPSA) is 57.7 Å². The van der Waals surface area contributed by atoms with Gasteiger partial charge in [-0.15, -0.1) is 0 Å².